The highest BCUT2D eigenvalue weighted by Crippen LogP contribution is 2.39. The summed E-state index contributed by atoms with van der Waals surface area (Å²) in [6.07, 6.45) is 1.76. The van der Waals surface area contributed by atoms with Gasteiger partial charge in [0.05, 0.1) is 34.6 Å². The van der Waals surface area contributed by atoms with Gasteiger partial charge in [-0.05, 0) is 86.1 Å². The zero-order valence-corrected chi connectivity index (χ0v) is 32.1. The molecule has 4 heterocycles. The Hall–Kier alpha value is -4.66. The van der Waals surface area contributed by atoms with Gasteiger partial charge < -0.3 is 29.3 Å². The zero-order chi connectivity index (χ0) is 37.7. The Kier molecular flexibility index (Phi) is 10.0. The van der Waals surface area contributed by atoms with Crippen LogP contribution in [0.1, 0.15) is 72.2 Å². The van der Waals surface area contributed by atoms with Gasteiger partial charge in [-0.25, -0.2) is 19.0 Å². The first-order valence-corrected chi connectivity index (χ1v) is 18.4. The van der Waals surface area contributed by atoms with Crippen LogP contribution in [0.4, 0.5) is 25.4 Å². The van der Waals surface area contributed by atoms with Crippen molar-refractivity contribution in [1.82, 2.24) is 24.6 Å². The molecule has 0 bridgehead atoms. The zero-order valence-electron chi connectivity index (χ0n) is 31.3. The lowest BCUT2D eigenvalue weighted by molar-refractivity contribution is 0.00561. The number of piperazine rings is 1. The Morgan fingerprint density at radius 2 is 1.63 bits per heavy atom. The summed E-state index contributed by atoms with van der Waals surface area (Å²) in [5, 5.41) is 7.97. The summed E-state index contributed by atoms with van der Waals surface area (Å²) in [6, 6.07) is 6.22. The minimum atomic E-state index is -0.616. The first-order chi connectivity index (χ1) is 24.3. The Balaban J connectivity index is 1.26. The molecule has 1 N–H and O–H groups in total. The van der Waals surface area contributed by atoms with Crippen LogP contribution in [0.2, 0.25) is 0 Å². The number of amides is 3. The number of rotatable bonds is 6. The summed E-state index contributed by atoms with van der Waals surface area (Å²) in [4.78, 5) is 50.1. The molecule has 1 unspecified atom stereocenters. The molecule has 0 radical (unpaired) electrons. The van der Waals surface area contributed by atoms with Gasteiger partial charge in [0.25, 0.3) is 11.1 Å². The van der Waals surface area contributed by atoms with Crippen LogP contribution in [0.5, 0.6) is 5.19 Å². The molecule has 0 spiro atoms. The predicted octanol–water partition coefficient (Wildman–Crippen LogP) is 7.04. The molecule has 2 saturated heterocycles. The maximum atomic E-state index is 14.9. The van der Waals surface area contributed by atoms with E-state index >= 15 is 0 Å². The van der Waals surface area contributed by atoms with Gasteiger partial charge in [-0.15, -0.1) is 0 Å². The molecule has 2 aliphatic rings. The molecule has 0 aliphatic carbocycles. The largest absolute Gasteiger partial charge is 0.470 e. The molecule has 15 heteroatoms. The number of ether oxygens (including phenoxy) is 3. The third-order valence-electron chi connectivity index (χ3n) is 8.93. The number of aromatic nitrogens is 3. The van der Waals surface area contributed by atoms with E-state index in [0.29, 0.717) is 64.8 Å². The maximum absolute atomic E-state index is 14.9. The minimum Gasteiger partial charge on any atom is -0.470 e. The second kappa shape index (κ2) is 14.1. The monoisotopic (exact) mass is 737 g/mol. The first kappa shape index (κ1) is 37.1. The lowest BCUT2D eigenvalue weighted by atomic mass is 10.1. The summed E-state index contributed by atoms with van der Waals surface area (Å²) in [5.74, 6) is -0.871. The van der Waals surface area contributed by atoms with Crippen LogP contribution in [-0.4, -0.2) is 98.7 Å². The second-order valence-electron chi connectivity index (χ2n) is 15.8. The van der Waals surface area contributed by atoms with Gasteiger partial charge in [0.1, 0.15) is 22.2 Å². The predicted molar refractivity (Wildman–Crippen MR) is 199 cm³/mol. The number of carbonyl (C=O) groups is 3. The van der Waals surface area contributed by atoms with E-state index in [1.807, 2.05) is 61.5 Å². The Morgan fingerprint density at radius 3 is 2.31 bits per heavy atom. The Bertz CT molecular complexity index is 1990. The van der Waals surface area contributed by atoms with E-state index in [-0.39, 0.29) is 35.7 Å². The van der Waals surface area contributed by atoms with Gasteiger partial charge in [-0.3, -0.25) is 14.4 Å². The second-order valence-corrected chi connectivity index (χ2v) is 16.8. The topological polar surface area (TPSA) is 131 Å². The standard InChI is InChI=1S/C37H48FN7O6S/c1-21-16-44(17-22(2)45(21)35(48)51-37(6,7)8)28-11-10-26(32(46)39-25-14-24-19-42(9)41-29(24)27(38)15-25)31-30(28)40-33(52-31)49-20-23-12-13-43(18-23)34(47)50-36(3,4)5/h10-11,14-15,19,21-23H,12-13,16-18,20H2,1-9H3,(H,39,46)/t21-,22-,23?/m0/s1. The van der Waals surface area contributed by atoms with Crippen molar-refractivity contribution in [3.63, 3.8) is 0 Å². The minimum absolute atomic E-state index is 0.0849. The van der Waals surface area contributed by atoms with Crippen LogP contribution in [0.25, 0.3) is 21.1 Å². The van der Waals surface area contributed by atoms with E-state index in [1.165, 1.54) is 22.1 Å². The number of carbonyl (C=O) groups excluding carboxylic acids is 3. The van der Waals surface area contributed by atoms with Gasteiger partial charge in [0.2, 0.25) is 0 Å². The summed E-state index contributed by atoms with van der Waals surface area (Å²) in [6.45, 7) is 17.5. The van der Waals surface area contributed by atoms with Crippen LogP contribution in [0.15, 0.2) is 30.5 Å². The van der Waals surface area contributed by atoms with E-state index in [4.69, 9.17) is 19.2 Å². The molecular formula is C37H48FN7O6S. The molecule has 3 amide bonds. The molecule has 2 aromatic carbocycles. The van der Waals surface area contributed by atoms with Crippen molar-refractivity contribution in [2.24, 2.45) is 13.0 Å². The summed E-state index contributed by atoms with van der Waals surface area (Å²) in [5.41, 5.74) is 1.10. The molecule has 2 aliphatic heterocycles. The number of thiazole rings is 1. The SMILES string of the molecule is C[C@H]1CN(c2ccc(C(=O)Nc3cc(F)c4nn(C)cc4c3)c3sc(OCC4CCN(C(=O)OC(C)(C)C)C4)nc23)C[C@H](C)N1C(=O)OC(C)(C)C. The highest BCUT2D eigenvalue weighted by Gasteiger charge is 2.37. The Morgan fingerprint density at radius 1 is 0.962 bits per heavy atom. The van der Waals surface area contributed by atoms with E-state index in [9.17, 15) is 18.8 Å². The third-order valence-corrected chi connectivity index (χ3v) is 9.93. The highest BCUT2D eigenvalue weighted by molar-refractivity contribution is 7.20. The molecule has 4 aromatic rings. The van der Waals surface area contributed by atoms with Crippen molar-refractivity contribution < 1.29 is 33.0 Å². The van der Waals surface area contributed by atoms with Crippen molar-refractivity contribution in [3.8, 4) is 5.19 Å². The van der Waals surface area contributed by atoms with Crippen LogP contribution in [0, 0.1) is 11.7 Å². The van der Waals surface area contributed by atoms with Crippen LogP contribution in [0.3, 0.4) is 0 Å². The molecule has 6 rings (SSSR count). The molecule has 2 aromatic heterocycles. The molecule has 52 heavy (non-hydrogen) atoms. The fourth-order valence-corrected chi connectivity index (χ4v) is 7.75. The normalized spacial score (nSPS) is 19.7. The lowest BCUT2D eigenvalue weighted by Gasteiger charge is -2.45. The number of hydrogen-bond donors (Lipinski definition) is 1. The number of fused-ring (bicyclic) bond motifs is 2. The quantitative estimate of drug-likeness (QED) is 0.221. The van der Waals surface area contributed by atoms with Gasteiger partial charge in [0.15, 0.2) is 5.82 Å². The van der Waals surface area contributed by atoms with Crippen LogP contribution < -0.4 is 15.0 Å². The molecular weight excluding hydrogens is 690 g/mol. The number of halogens is 1. The van der Waals surface area contributed by atoms with Gasteiger partial charge in [0, 0.05) is 56.4 Å². The smallest absolute Gasteiger partial charge is 0.410 e. The van der Waals surface area contributed by atoms with Crippen molar-refractivity contribution in [2.75, 3.05) is 43.0 Å². The number of likely N-dealkylation sites (tertiary alicyclic amines) is 1. The van der Waals surface area contributed by atoms with Crippen LogP contribution in [-0.2, 0) is 16.5 Å². The van der Waals surface area contributed by atoms with E-state index in [1.54, 1.807) is 35.2 Å². The molecule has 3 atom stereocenters. The number of benzene rings is 2. The number of nitrogens with zero attached hydrogens (tertiary/aromatic N) is 6. The maximum Gasteiger partial charge on any atom is 0.410 e. The van der Waals surface area contributed by atoms with Crippen LogP contribution >= 0.6 is 11.3 Å². The first-order valence-electron chi connectivity index (χ1n) is 17.6. The van der Waals surface area contributed by atoms with E-state index in [0.717, 1.165) is 12.1 Å². The highest BCUT2D eigenvalue weighted by atomic mass is 32.1. The molecule has 13 nitrogen and oxygen atoms in total. The lowest BCUT2D eigenvalue weighted by Crippen LogP contribution is -2.59. The fraction of sp³-hybridized carbons (Fsp3) is 0.541. The van der Waals surface area contributed by atoms with Gasteiger partial charge in [-0.1, -0.05) is 11.3 Å². The van der Waals surface area contributed by atoms with E-state index in [2.05, 4.69) is 15.3 Å². The summed E-state index contributed by atoms with van der Waals surface area (Å²) < 4.78 is 34.5. The molecule has 0 saturated carbocycles. The van der Waals surface area contributed by atoms with Gasteiger partial charge in [-0.2, -0.15) is 5.10 Å². The average molecular weight is 738 g/mol. The van der Waals surface area contributed by atoms with Crippen molar-refractivity contribution >= 4 is 61.9 Å². The Labute approximate surface area is 307 Å². The summed E-state index contributed by atoms with van der Waals surface area (Å²) >= 11 is 1.26. The third kappa shape index (κ3) is 8.19. The fourth-order valence-electron chi connectivity index (χ4n) is 6.80. The van der Waals surface area contributed by atoms with Gasteiger partial charge >= 0.3 is 12.2 Å². The molecule has 2 fully saturated rings. The summed E-state index contributed by atoms with van der Waals surface area (Å²) in [7, 11) is 1.71. The van der Waals surface area contributed by atoms with Crippen molar-refractivity contribution in [1.29, 1.82) is 0 Å². The number of aryl methyl sites for hydroxylation is 1. The van der Waals surface area contributed by atoms with E-state index < -0.39 is 22.9 Å². The average Bonchev–Trinajstić information content (AvgIpc) is 3.75. The number of nitrogens with one attached hydrogen (secondary N) is 1. The van der Waals surface area contributed by atoms with Crippen molar-refractivity contribution in [3.05, 3.63) is 41.8 Å². The molecule has 280 valence electrons. The number of hydrogen-bond acceptors (Lipinski definition) is 10. The van der Waals surface area contributed by atoms with Crippen molar-refractivity contribution in [2.45, 2.75) is 85.1 Å². The number of anilines is 2.